The van der Waals surface area contributed by atoms with Gasteiger partial charge >= 0.3 is 0 Å². The zero-order valence-electron chi connectivity index (χ0n) is 24.0. The van der Waals surface area contributed by atoms with Crippen LogP contribution in [-0.4, -0.2) is 31.8 Å². The van der Waals surface area contributed by atoms with Crippen molar-refractivity contribution in [2.75, 3.05) is 0 Å². The molecule has 3 aromatic rings. The van der Waals surface area contributed by atoms with Gasteiger partial charge in [-0.2, -0.15) is 0 Å². The van der Waals surface area contributed by atoms with Gasteiger partial charge in [0.15, 0.2) is 17.6 Å². The lowest BCUT2D eigenvalue weighted by Gasteiger charge is -2.30. The van der Waals surface area contributed by atoms with Gasteiger partial charge in [-0.05, 0) is 42.2 Å². The fourth-order valence-electron chi connectivity index (χ4n) is 4.13. The summed E-state index contributed by atoms with van der Waals surface area (Å²) in [7, 11) is 0. The Kier molecular flexibility index (Phi) is 7.64. The van der Waals surface area contributed by atoms with E-state index in [0.29, 0.717) is 12.2 Å². The number of rotatable bonds is 8. The predicted molar refractivity (Wildman–Crippen MR) is 146 cm³/mol. The van der Waals surface area contributed by atoms with E-state index < -0.39 is 6.10 Å². The summed E-state index contributed by atoms with van der Waals surface area (Å²) in [5.41, 5.74) is 4.10. The van der Waals surface area contributed by atoms with E-state index in [1.807, 2.05) is 30.5 Å². The minimum atomic E-state index is -0.614. The van der Waals surface area contributed by atoms with Gasteiger partial charge in [0.2, 0.25) is 0 Å². The third-order valence-electron chi connectivity index (χ3n) is 7.16. The number of fused-ring (bicyclic) bond motifs is 1. The molecule has 2 heterocycles. The van der Waals surface area contributed by atoms with E-state index in [4.69, 9.17) is 4.74 Å². The molecule has 2 aromatic heterocycles. The molecule has 0 fully saturated rings. The van der Waals surface area contributed by atoms with Crippen molar-refractivity contribution in [3.8, 4) is 5.75 Å². The number of ether oxygens (including phenoxy) is 1. The van der Waals surface area contributed by atoms with Crippen LogP contribution in [0.4, 0.5) is 0 Å². The number of aromatic nitrogens is 4. The highest BCUT2D eigenvalue weighted by Gasteiger charge is 2.29. The molecule has 2 unspecified atom stereocenters. The van der Waals surface area contributed by atoms with E-state index in [1.54, 1.807) is 0 Å². The van der Waals surface area contributed by atoms with Crippen LogP contribution in [0.1, 0.15) is 118 Å². The third-order valence-corrected chi connectivity index (χ3v) is 7.16. The molecule has 0 radical (unpaired) electrons. The average Bonchev–Trinajstić information content (AvgIpc) is 3.37. The highest BCUT2D eigenvalue weighted by molar-refractivity contribution is 5.81. The van der Waals surface area contributed by atoms with Gasteiger partial charge < -0.3 is 10.1 Å². The molecule has 2 N–H and O–H groups in total. The molecule has 7 heteroatoms. The van der Waals surface area contributed by atoms with Gasteiger partial charge in [-0.15, -0.1) is 10.2 Å². The van der Waals surface area contributed by atoms with Crippen molar-refractivity contribution in [1.82, 2.24) is 25.1 Å². The number of H-pyrrole nitrogens is 1. The Hall–Kier alpha value is -2.83. The Morgan fingerprint density at radius 2 is 1.69 bits per heavy atom. The highest BCUT2D eigenvalue weighted by Crippen LogP contribution is 2.38. The van der Waals surface area contributed by atoms with Gasteiger partial charge in [-0.25, -0.2) is 4.52 Å². The maximum Gasteiger partial charge on any atom is 0.261 e. The summed E-state index contributed by atoms with van der Waals surface area (Å²) in [5.74, 6) is 1.27. The number of nitrogens with one attached hydrogen (secondary N) is 2. The summed E-state index contributed by atoms with van der Waals surface area (Å²) >= 11 is 0. The maximum atomic E-state index is 13.3. The van der Waals surface area contributed by atoms with Gasteiger partial charge in [0.05, 0.1) is 6.04 Å². The minimum Gasteiger partial charge on any atom is -0.480 e. The number of aromatic amines is 1. The average molecular weight is 496 g/mol. The molecule has 1 aromatic carbocycles. The molecule has 0 aliphatic rings. The molecule has 0 saturated carbocycles. The normalized spacial score (nSPS) is 14.6. The molecule has 198 valence electrons. The first-order valence-corrected chi connectivity index (χ1v) is 13.1. The standard InChI is InChI=1S/C29H45N5O2/c1-12-21(36-22-15-14-19(27(4,5)6)16-20(22)29(10,11)13-2)26(35)30-18(3)25-32-31-24-17-23(28(7,8)9)33-34(24)25/h14-18,21,33H,12-13H2,1-11H3,(H,30,35). The van der Waals surface area contributed by atoms with Crippen LogP contribution in [0.15, 0.2) is 24.3 Å². The maximum absolute atomic E-state index is 13.3. The van der Waals surface area contributed by atoms with E-state index in [-0.39, 0.29) is 28.2 Å². The fraction of sp³-hybridized carbons (Fsp3) is 0.621. The van der Waals surface area contributed by atoms with Crippen molar-refractivity contribution in [3.05, 3.63) is 46.9 Å². The summed E-state index contributed by atoms with van der Waals surface area (Å²) in [6, 6.07) is 8.05. The minimum absolute atomic E-state index is 0.0301. The summed E-state index contributed by atoms with van der Waals surface area (Å²) in [5, 5.41) is 15.1. The number of nitrogens with zero attached hydrogens (tertiary/aromatic N) is 3. The van der Waals surface area contributed by atoms with Crippen molar-refractivity contribution >= 4 is 11.6 Å². The van der Waals surface area contributed by atoms with Crippen LogP contribution in [0.2, 0.25) is 0 Å². The molecule has 0 saturated heterocycles. The lowest BCUT2D eigenvalue weighted by molar-refractivity contribution is -0.128. The van der Waals surface area contributed by atoms with Crippen LogP contribution in [0.3, 0.4) is 0 Å². The molecule has 0 spiro atoms. The van der Waals surface area contributed by atoms with Crippen molar-refractivity contribution in [3.63, 3.8) is 0 Å². The number of hydrogen-bond acceptors (Lipinski definition) is 4. The lowest BCUT2D eigenvalue weighted by Crippen LogP contribution is -2.40. The molecule has 0 bridgehead atoms. The second-order valence-electron chi connectivity index (χ2n) is 12.6. The summed E-state index contributed by atoms with van der Waals surface area (Å²) < 4.78 is 8.25. The number of carbonyl (C=O) groups is 1. The van der Waals surface area contributed by atoms with Gasteiger partial charge in [0.25, 0.3) is 5.91 Å². The molecule has 3 rings (SSSR count). The SMILES string of the molecule is CCC(Oc1ccc(C(C)(C)C)cc1C(C)(C)CC)C(=O)NC(C)c1nnc2cc(C(C)(C)C)[nH]n12. The van der Waals surface area contributed by atoms with E-state index >= 15 is 0 Å². The Morgan fingerprint density at radius 1 is 1.03 bits per heavy atom. The zero-order chi connectivity index (χ0) is 27.1. The fourth-order valence-corrected chi connectivity index (χ4v) is 4.13. The van der Waals surface area contributed by atoms with Crippen molar-refractivity contribution < 1.29 is 9.53 Å². The first-order valence-electron chi connectivity index (χ1n) is 13.1. The van der Waals surface area contributed by atoms with Crippen LogP contribution in [0, 0.1) is 0 Å². The van der Waals surface area contributed by atoms with Gasteiger partial charge in [-0.1, -0.05) is 81.4 Å². The van der Waals surface area contributed by atoms with E-state index in [1.165, 1.54) is 5.56 Å². The molecule has 36 heavy (non-hydrogen) atoms. The van der Waals surface area contributed by atoms with Gasteiger partial charge in [-0.3, -0.25) is 9.89 Å². The number of amides is 1. The van der Waals surface area contributed by atoms with E-state index in [2.05, 4.69) is 95.1 Å². The van der Waals surface area contributed by atoms with Crippen LogP contribution in [0.5, 0.6) is 5.75 Å². The number of hydrogen-bond donors (Lipinski definition) is 2. The summed E-state index contributed by atoms with van der Waals surface area (Å²) in [4.78, 5) is 13.3. The second kappa shape index (κ2) is 9.91. The van der Waals surface area contributed by atoms with E-state index in [9.17, 15) is 4.79 Å². The van der Waals surface area contributed by atoms with Crippen LogP contribution < -0.4 is 10.1 Å². The first kappa shape index (κ1) is 27.8. The van der Waals surface area contributed by atoms with Crippen molar-refractivity contribution in [2.24, 2.45) is 0 Å². The van der Waals surface area contributed by atoms with Crippen LogP contribution in [0.25, 0.3) is 5.65 Å². The Bertz CT molecular complexity index is 1210. The third kappa shape index (κ3) is 5.76. The molecule has 1 amide bonds. The number of carbonyl (C=O) groups excluding carboxylic acids is 1. The zero-order valence-corrected chi connectivity index (χ0v) is 24.0. The largest absolute Gasteiger partial charge is 0.480 e. The molecule has 0 aliphatic heterocycles. The Morgan fingerprint density at radius 3 is 2.25 bits per heavy atom. The number of benzene rings is 1. The Labute approximate surface area is 216 Å². The Balaban J connectivity index is 1.84. The van der Waals surface area contributed by atoms with Crippen LogP contribution >= 0.6 is 0 Å². The molecule has 7 nitrogen and oxygen atoms in total. The van der Waals surface area contributed by atoms with Crippen LogP contribution in [-0.2, 0) is 21.0 Å². The molecule has 2 atom stereocenters. The van der Waals surface area contributed by atoms with Crippen molar-refractivity contribution in [1.29, 1.82) is 0 Å². The molecule has 0 aliphatic carbocycles. The van der Waals surface area contributed by atoms with Gasteiger partial charge in [0, 0.05) is 22.7 Å². The summed E-state index contributed by atoms with van der Waals surface area (Å²) in [6.07, 6.45) is 0.904. The molecular weight excluding hydrogens is 450 g/mol. The highest BCUT2D eigenvalue weighted by atomic mass is 16.5. The topological polar surface area (TPSA) is 84.3 Å². The quantitative estimate of drug-likeness (QED) is 0.380. The van der Waals surface area contributed by atoms with E-state index in [0.717, 1.165) is 29.1 Å². The predicted octanol–water partition coefficient (Wildman–Crippen LogP) is 6.37. The van der Waals surface area contributed by atoms with Crippen molar-refractivity contribution in [2.45, 2.75) is 117 Å². The summed E-state index contributed by atoms with van der Waals surface area (Å²) in [6.45, 7) is 23.6. The first-order chi connectivity index (χ1) is 16.6. The lowest BCUT2D eigenvalue weighted by atomic mass is 9.78. The molecular formula is C29H45N5O2. The smallest absolute Gasteiger partial charge is 0.261 e. The monoisotopic (exact) mass is 495 g/mol. The van der Waals surface area contributed by atoms with Gasteiger partial charge in [0.1, 0.15) is 5.75 Å². The second-order valence-corrected chi connectivity index (χ2v) is 12.6.